The largest absolute Gasteiger partial charge is 0.352 e. The molecular formula is C16H18BrNOS. The fourth-order valence-electron chi connectivity index (χ4n) is 1.99. The van der Waals surface area contributed by atoms with Gasteiger partial charge in [0.2, 0.25) is 5.91 Å². The summed E-state index contributed by atoms with van der Waals surface area (Å²) >= 11 is 5.19. The van der Waals surface area contributed by atoms with Gasteiger partial charge in [0.15, 0.2) is 0 Å². The van der Waals surface area contributed by atoms with Crippen LogP contribution in [-0.4, -0.2) is 5.91 Å². The van der Waals surface area contributed by atoms with Crippen LogP contribution < -0.4 is 5.32 Å². The lowest BCUT2D eigenvalue weighted by Gasteiger charge is -2.06. The van der Waals surface area contributed by atoms with E-state index in [9.17, 15) is 4.79 Å². The number of thiophene rings is 1. The summed E-state index contributed by atoms with van der Waals surface area (Å²) in [6.07, 6.45) is 2.49. The molecule has 0 aliphatic rings. The molecule has 0 aliphatic carbocycles. The van der Waals surface area contributed by atoms with Crippen LogP contribution in [0.3, 0.4) is 0 Å². The molecule has 20 heavy (non-hydrogen) atoms. The molecule has 0 saturated carbocycles. The first-order chi connectivity index (χ1) is 9.78. The van der Waals surface area contributed by atoms with Gasteiger partial charge in [-0.15, -0.1) is 11.3 Å². The van der Waals surface area contributed by atoms with Crippen LogP contribution in [0.5, 0.6) is 0 Å². The number of amides is 1. The van der Waals surface area contributed by atoms with E-state index in [1.165, 1.54) is 10.4 Å². The topological polar surface area (TPSA) is 29.1 Å². The lowest BCUT2D eigenvalue weighted by Crippen LogP contribution is -2.22. The number of hydrogen-bond donors (Lipinski definition) is 1. The molecule has 0 unspecified atom stereocenters. The van der Waals surface area contributed by atoms with Crippen LogP contribution in [0.1, 0.15) is 28.8 Å². The molecule has 2 aromatic rings. The summed E-state index contributed by atoms with van der Waals surface area (Å²) in [4.78, 5) is 13.1. The summed E-state index contributed by atoms with van der Waals surface area (Å²) < 4.78 is 0. The number of nitrogens with one attached hydrogen (secondary N) is 1. The van der Waals surface area contributed by atoms with E-state index in [2.05, 4.69) is 50.9 Å². The standard InChI is InChI=1S/C16H18BrNOS/c17-11-13-4-1-5-14(10-13)12-18-16(19)8-2-6-15-7-3-9-20-15/h1,3-5,7,9-10H,2,6,8,11-12H2,(H,18,19). The maximum atomic E-state index is 11.8. The van der Waals surface area contributed by atoms with E-state index in [4.69, 9.17) is 0 Å². The van der Waals surface area contributed by atoms with E-state index in [1.54, 1.807) is 11.3 Å². The monoisotopic (exact) mass is 351 g/mol. The predicted octanol–water partition coefficient (Wildman–Crippen LogP) is 4.28. The van der Waals surface area contributed by atoms with Crippen molar-refractivity contribution in [1.29, 1.82) is 0 Å². The molecule has 1 amide bonds. The average Bonchev–Trinajstić information content (AvgIpc) is 2.98. The molecule has 0 fully saturated rings. The molecule has 1 heterocycles. The molecular weight excluding hydrogens is 334 g/mol. The van der Waals surface area contributed by atoms with Gasteiger partial charge in [0.25, 0.3) is 0 Å². The first-order valence-corrected chi connectivity index (χ1v) is 8.71. The molecule has 1 aromatic carbocycles. The molecule has 2 rings (SSSR count). The Bertz CT molecular complexity index is 539. The highest BCUT2D eigenvalue weighted by Crippen LogP contribution is 2.12. The van der Waals surface area contributed by atoms with Crippen molar-refractivity contribution in [2.45, 2.75) is 31.1 Å². The van der Waals surface area contributed by atoms with Crippen molar-refractivity contribution in [1.82, 2.24) is 5.32 Å². The second-order valence-corrected chi connectivity index (χ2v) is 6.26. The van der Waals surface area contributed by atoms with Crippen LogP contribution in [0.15, 0.2) is 41.8 Å². The SMILES string of the molecule is O=C(CCCc1cccs1)NCc1cccc(CBr)c1. The van der Waals surface area contributed by atoms with Gasteiger partial charge >= 0.3 is 0 Å². The molecule has 0 atom stereocenters. The number of rotatable bonds is 7. The van der Waals surface area contributed by atoms with Crippen LogP contribution in [0.4, 0.5) is 0 Å². The van der Waals surface area contributed by atoms with Gasteiger partial charge in [-0.25, -0.2) is 0 Å². The van der Waals surface area contributed by atoms with E-state index in [-0.39, 0.29) is 5.91 Å². The number of aryl methyl sites for hydroxylation is 1. The van der Waals surface area contributed by atoms with Crippen molar-refractivity contribution in [3.8, 4) is 0 Å². The van der Waals surface area contributed by atoms with Gasteiger partial charge in [-0.3, -0.25) is 4.79 Å². The molecule has 1 N–H and O–H groups in total. The minimum Gasteiger partial charge on any atom is -0.352 e. The lowest BCUT2D eigenvalue weighted by atomic mass is 10.1. The van der Waals surface area contributed by atoms with Gasteiger partial charge in [-0.05, 0) is 35.4 Å². The zero-order chi connectivity index (χ0) is 14.2. The quantitative estimate of drug-likeness (QED) is 0.741. The summed E-state index contributed by atoms with van der Waals surface area (Å²) in [7, 11) is 0. The third-order valence-corrected chi connectivity index (χ3v) is 4.63. The smallest absolute Gasteiger partial charge is 0.220 e. The van der Waals surface area contributed by atoms with Crippen molar-refractivity contribution in [3.05, 3.63) is 57.8 Å². The Morgan fingerprint density at radius 2 is 2.05 bits per heavy atom. The van der Waals surface area contributed by atoms with Gasteiger partial charge in [0.05, 0.1) is 0 Å². The molecule has 0 radical (unpaired) electrons. The minimum absolute atomic E-state index is 0.130. The second kappa shape index (κ2) is 8.22. The van der Waals surface area contributed by atoms with Crippen LogP contribution in [0.2, 0.25) is 0 Å². The normalized spacial score (nSPS) is 10.4. The fourth-order valence-corrected chi connectivity index (χ4v) is 3.09. The maximum Gasteiger partial charge on any atom is 0.220 e. The Labute approximate surface area is 132 Å². The van der Waals surface area contributed by atoms with Gasteiger partial charge in [-0.2, -0.15) is 0 Å². The first-order valence-electron chi connectivity index (χ1n) is 6.71. The third-order valence-electron chi connectivity index (χ3n) is 3.04. The summed E-state index contributed by atoms with van der Waals surface area (Å²) in [5, 5.41) is 5.90. The second-order valence-electron chi connectivity index (χ2n) is 4.66. The number of carbonyl (C=O) groups is 1. The van der Waals surface area contributed by atoms with Crippen molar-refractivity contribution in [2.24, 2.45) is 0 Å². The summed E-state index contributed by atoms with van der Waals surface area (Å²) in [6, 6.07) is 12.4. The molecule has 0 saturated heterocycles. The maximum absolute atomic E-state index is 11.8. The number of alkyl halides is 1. The Balaban J connectivity index is 1.69. The summed E-state index contributed by atoms with van der Waals surface area (Å²) in [5.74, 6) is 0.130. The van der Waals surface area contributed by atoms with Gasteiger partial charge in [0, 0.05) is 23.2 Å². The summed E-state index contributed by atoms with van der Waals surface area (Å²) in [5.41, 5.74) is 2.38. The van der Waals surface area contributed by atoms with Crippen LogP contribution >= 0.6 is 27.3 Å². The number of carbonyl (C=O) groups excluding carboxylic acids is 1. The number of benzene rings is 1. The zero-order valence-electron chi connectivity index (χ0n) is 11.3. The fraction of sp³-hybridized carbons (Fsp3) is 0.312. The van der Waals surface area contributed by atoms with E-state index in [1.807, 2.05) is 12.1 Å². The first kappa shape index (κ1) is 15.3. The molecule has 106 valence electrons. The molecule has 0 aliphatic heterocycles. The number of halogens is 1. The van der Waals surface area contributed by atoms with Crippen molar-refractivity contribution >= 4 is 33.2 Å². The average molecular weight is 352 g/mol. The molecule has 4 heteroatoms. The highest BCUT2D eigenvalue weighted by Gasteiger charge is 2.03. The van der Waals surface area contributed by atoms with Crippen molar-refractivity contribution in [3.63, 3.8) is 0 Å². The van der Waals surface area contributed by atoms with Gasteiger partial charge in [-0.1, -0.05) is 46.3 Å². The highest BCUT2D eigenvalue weighted by molar-refractivity contribution is 9.08. The van der Waals surface area contributed by atoms with E-state index < -0.39 is 0 Å². The van der Waals surface area contributed by atoms with E-state index in [0.29, 0.717) is 13.0 Å². The van der Waals surface area contributed by atoms with E-state index >= 15 is 0 Å². The molecule has 0 bridgehead atoms. The van der Waals surface area contributed by atoms with Crippen LogP contribution in [-0.2, 0) is 23.1 Å². The Morgan fingerprint density at radius 3 is 2.80 bits per heavy atom. The predicted molar refractivity (Wildman–Crippen MR) is 88.2 cm³/mol. The Kier molecular flexibility index (Phi) is 6.27. The zero-order valence-corrected chi connectivity index (χ0v) is 13.7. The summed E-state index contributed by atoms with van der Waals surface area (Å²) in [6.45, 7) is 0.610. The van der Waals surface area contributed by atoms with Crippen molar-refractivity contribution in [2.75, 3.05) is 0 Å². The number of hydrogen-bond acceptors (Lipinski definition) is 2. The van der Waals surface area contributed by atoms with Gasteiger partial charge < -0.3 is 5.32 Å². The minimum atomic E-state index is 0.130. The van der Waals surface area contributed by atoms with Crippen molar-refractivity contribution < 1.29 is 4.79 Å². The third kappa shape index (κ3) is 5.10. The molecule has 2 nitrogen and oxygen atoms in total. The lowest BCUT2D eigenvalue weighted by molar-refractivity contribution is -0.121. The Hall–Kier alpha value is -1.13. The highest BCUT2D eigenvalue weighted by atomic mass is 79.9. The molecule has 1 aromatic heterocycles. The molecule has 0 spiro atoms. The van der Waals surface area contributed by atoms with Crippen LogP contribution in [0.25, 0.3) is 0 Å². The Morgan fingerprint density at radius 1 is 1.20 bits per heavy atom. The van der Waals surface area contributed by atoms with Gasteiger partial charge in [0.1, 0.15) is 0 Å². The van der Waals surface area contributed by atoms with Crippen LogP contribution in [0, 0.1) is 0 Å². The van der Waals surface area contributed by atoms with E-state index in [0.717, 1.165) is 23.7 Å².